The van der Waals surface area contributed by atoms with Crippen LogP contribution in [0.2, 0.25) is 0 Å². The number of hydrogen-bond acceptors (Lipinski definition) is 5. The van der Waals surface area contributed by atoms with Crippen molar-refractivity contribution in [2.45, 2.75) is 64.6 Å². The van der Waals surface area contributed by atoms with Gasteiger partial charge in [0.1, 0.15) is 18.4 Å². The van der Waals surface area contributed by atoms with Gasteiger partial charge in [0.25, 0.3) is 0 Å². The Labute approximate surface area is 220 Å². The third-order valence-electron chi connectivity index (χ3n) is 7.18. The molecular weight excluding hydrogens is 471 g/mol. The second-order valence-corrected chi connectivity index (χ2v) is 10.6. The van der Waals surface area contributed by atoms with E-state index in [-0.39, 0.29) is 23.9 Å². The van der Waals surface area contributed by atoms with Crippen LogP contribution in [0.4, 0.5) is 4.39 Å². The van der Waals surface area contributed by atoms with E-state index < -0.39 is 0 Å². The van der Waals surface area contributed by atoms with Crippen molar-refractivity contribution < 1.29 is 23.4 Å². The van der Waals surface area contributed by atoms with Gasteiger partial charge in [-0.2, -0.15) is 0 Å². The van der Waals surface area contributed by atoms with Crippen LogP contribution in [0.15, 0.2) is 48.5 Å². The molecule has 2 heterocycles. The zero-order valence-electron chi connectivity index (χ0n) is 22.2. The Hall–Kier alpha value is -2.48. The van der Waals surface area contributed by atoms with Crippen molar-refractivity contribution in [3.63, 3.8) is 0 Å². The SMILES string of the molecule is CC(C)COc1ccc(CC(=O)N(Cc2ccc(F)cc2)C2CCN(CC[C@H]3CCOCO3)CC2)cc1. The van der Waals surface area contributed by atoms with Crippen molar-refractivity contribution in [1.29, 1.82) is 0 Å². The predicted octanol–water partition coefficient (Wildman–Crippen LogP) is 5.05. The van der Waals surface area contributed by atoms with Gasteiger partial charge in [-0.1, -0.05) is 38.1 Å². The second-order valence-electron chi connectivity index (χ2n) is 10.6. The summed E-state index contributed by atoms with van der Waals surface area (Å²) < 4.78 is 30.2. The van der Waals surface area contributed by atoms with Gasteiger partial charge in [-0.05, 0) is 67.0 Å². The van der Waals surface area contributed by atoms with Crippen LogP contribution >= 0.6 is 0 Å². The van der Waals surface area contributed by atoms with Crippen LogP contribution in [-0.2, 0) is 27.2 Å². The zero-order chi connectivity index (χ0) is 26.0. The monoisotopic (exact) mass is 512 g/mol. The minimum Gasteiger partial charge on any atom is -0.493 e. The summed E-state index contributed by atoms with van der Waals surface area (Å²) in [6, 6.07) is 14.5. The number of carbonyl (C=O) groups excluding carboxylic acids is 1. The largest absolute Gasteiger partial charge is 0.493 e. The fraction of sp³-hybridized carbons (Fsp3) is 0.567. The maximum Gasteiger partial charge on any atom is 0.227 e. The fourth-order valence-corrected chi connectivity index (χ4v) is 4.96. The molecule has 0 N–H and O–H groups in total. The van der Waals surface area contributed by atoms with E-state index in [0.29, 0.717) is 32.3 Å². The Balaban J connectivity index is 1.35. The molecule has 1 atom stereocenters. The molecule has 202 valence electrons. The van der Waals surface area contributed by atoms with E-state index in [0.717, 1.165) is 68.8 Å². The van der Waals surface area contributed by atoms with Gasteiger partial charge >= 0.3 is 0 Å². The lowest BCUT2D eigenvalue weighted by Gasteiger charge is -2.39. The molecule has 0 saturated carbocycles. The third-order valence-corrected chi connectivity index (χ3v) is 7.18. The fourth-order valence-electron chi connectivity index (χ4n) is 4.96. The Kier molecular flexibility index (Phi) is 10.3. The van der Waals surface area contributed by atoms with E-state index in [9.17, 15) is 9.18 Å². The lowest BCUT2D eigenvalue weighted by atomic mass is 10.00. The number of ether oxygens (including phenoxy) is 3. The molecule has 2 fully saturated rings. The first-order chi connectivity index (χ1) is 18.0. The summed E-state index contributed by atoms with van der Waals surface area (Å²) in [6.07, 6.45) is 4.47. The summed E-state index contributed by atoms with van der Waals surface area (Å²) in [5.41, 5.74) is 1.92. The minimum absolute atomic E-state index is 0.106. The summed E-state index contributed by atoms with van der Waals surface area (Å²) in [6.45, 7) is 9.52. The molecule has 0 spiro atoms. The van der Waals surface area contributed by atoms with E-state index in [1.165, 1.54) is 12.1 Å². The number of likely N-dealkylation sites (tertiary alicyclic amines) is 1. The van der Waals surface area contributed by atoms with Crippen molar-refractivity contribution >= 4 is 5.91 Å². The molecule has 4 rings (SSSR count). The van der Waals surface area contributed by atoms with Crippen molar-refractivity contribution in [2.75, 3.05) is 39.6 Å². The first kappa shape index (κ1) is 27.6. The molecule has 1 amide bonds. The average molecular weight is 513 g/mol. The molecule has 0 aromatic heterocycles. The standard InChI is InChI=1S/C30H41FN2O4/c1-23(2)21-36-28-9-5-24(6-10-28)19-30(34)33(20-25-3-7-26(31)8-4-25)27-11-15-32(16-12-27)17-13-29-14-18-35-22-37-29/h3-10,23,27,29H,11-22H2,1-2H3/t29-/m0/s1. The number of rotatable bonds is 11. The van der Waals surface area contributed by atoms with Crippen molar-refractivity contribution in [3.05, 3.63) is 65.5 Å². The van der Waals surface area contributed by atoms with Gasteiger partial charge in [0, 0.05) is 32.2 Å². The third kappa shape index (κ3) is 8.80. The highest BCUT2D eigenvalue weighted by atomic mass is 19.1. The molecule has 0 unspecified atom stereocenters. The van der Waals surface area contributed by atoms with Crippen molar-refractivity contribution in [1.82, 2.24) is 9.80 Å². The summed E-state index contributed by atoms with van der Waals surface area (Å²) >= 11 is 0. The highest BCUT2D eigenvalue weighted by molar-refractivity contribution is 5.79. The van der Waals surface area contributed by atoms with E-state index in [1.807, 2.05) is 29.2 Å². The molecule has 0 bridgehead atoms. The zero-order valence-corrected chi connectivity index (χ0v) is 22.2. The molecule has 6 nitrogen and oxygen atoms in total. The molecule has 2 saturated heterocycles. The number of carbonyl (C=O) groups is 1. The highest BCUT2D eigenvalue weighted by Crippen LogP contribution is 2.23. The first-order valence-electron chi connectivity index (χ1n) is 13.6. The van der Waals surface area contributed by atoms with Gasteiger partial charge in [-0.15, -0.1) is 0 Å². The van der Waals surface area contributed by atoms with Crippen LogP contribution in [-0.4, -0.2) is 67.5 Å². The topological polar surface area (TPSA) is 51.2 Å². The van der Waals surface area contributed by atoms with Crippen molar-refractivity contribution in [3.8, 4) is 5.75 Å². The van der Waals surface area contributed by atoms with Crippen LogP contribution in [0.1, 0.15) is 50.7 Å². The predicted molar refractivity (Wildman–Crippen MR) is 142 cm³/mol. The number of amides is 1. The average Bonchev–Trinajstić information content (AvgIpc) is 2.92. The van der Waals surface area contributed by atoms with Crippen LogP contribution in [0.3, 0.4) is 0 Å². The van der Waals surface area contributed by atoms with E-state index in [1.54, 1.807) is 12.1 Å². The number of benzene rings is 2. The van der Waals surface area contributed by atoms with E-state index >= 15 is 0 Å². The molecule has 2 aliphatic heterocycles. The summed E-state index contributed by atoms with van der Waals surface area (Å²) in [5.74, 6) is 1.13. The Morgan fingerprint density at radius 2 is 1.76 bits per heavy atom. The minimum atomic E-state index is -0.261. The molecule has 2 aliphatic rings. The molecule has 0 aliphatic carbocycles. The number of piperidine rings is 1. The number of nitrogens with zero attached hydrogens (tertiary/aromatic N) is 2. The van der Waals surface area contributed by atoms with Gasteiger partial charge < -0.3 is 24.0 Å². The normalized spacial score (nSPS) is 19.2. The van der Waals surface area contributed by atoms with Gasteiger partial charge in [0.15, 0.2) is 0 Å². The lowest BCUT2D eigenvalue weighted by molar-refractivity contribution is -0.142. The van der Waals surface area contributed by atoms with Gasteiger partial charge in [0.05, 0.1) is 25.7 Å². The maximum absolute atomic E-state index is 13.6. The Bertz CT molecular complexity index is 953. The molecule has 37 heavy (non-hydrogen) atoms. The van der Waals surface area contributed by atoms with E-state index in [2.05, 4.69) is 18.7 Å². The first-order valence-corrected chi connectivity index (χ1v) is 13.6. The van der Waals surface area contributed by atoms with Crippen molar-refractivity contribution in [2.24, 2.45) is 5.92 Å². The Morgan fingerprint density at radius 3 is 2.41 bits per heavy atom. The molecule has 7 heteroatoms. The van der Waals surface area contributed by atoms with Gasteiger partial charge in [-0.3, -0.25) is 4.79 Å². The maximum atomic E-state index is 13.6. The molecule has 2 aromatic rings. The molecule has 0 radical (unpaired) electrons. The molecular formula is C30H41FN2O4. The van der Waals surface area contributed by atoms with Crippen LogP contribution in [0.25, 0.3) is 0 Å². The van der Waals surface area contributed by atoms with Crippen LogP contribution in [0, 0.1) is 11.7 Å². The quantitative estimate of drug-likeness (QED) is 0.422. The Morgan fingerprint density at radius 1 is 1.05 bits per heavy atom. The number of hydrogen-bond donors (Lipinski definition) is 0. The second kappa shape index (κ2) is 13.9. The van der Waals surface area contributed by atoms with Crippen LogP contribution < -0.4 is 4.74 Å². The smallest absolute Gasteiger partial charge is 0.227 e. The molecule has 2 aromatic carbocycles. The van der Waals surface area contributed by atoms with Gasteiger partial charge in [0.2, 0.25) is 5.91 Å². The lowest BCUT2D eigenvalue weighted by Crippen LogP contribution is -2.48. The summed E-state index contributed by atoms with van der Waals surface area (Å²) in [5, 5.41) is 0. The highest BCUT2D eigenvalue weighted by Gasteiger charge is 2.28. The van der Waals surface area contributed by atoms with Crippen LogP contribution in [0.5, 0.6) is 5.75 Å². The summed E-state index contributed by atoms with van der Waals surface area (Å²) in [4.78, 5) is 18.1. The van der Waals surface area contributed by atoms with E-state index in [4.69, 9.17) is 14.2 Å². The summed E-state index contributed by atoms with van der Waals surface area (Å²) in [7, 11) is 0. The number of halogens is 1. The van der Waals surface area contributed by atoms with Gasteiger partial charge in [-0.25, -0.2) is 4.39 Å².